The van der Waals surface area contributed by atoms with Gasteiger partial charge in [-0.2, -0.15) is 13.9 Å². The summed E-state index contributed by atoms with van der Waals surface area (Å²) < 4.78 is 30.4. The highest BCUT2D eigenvalue weighted by Gasteiger charge is 2.12. The third-order valence-electron chi connectivity index (χ3n) is 4.02. The topological polar surface area (TPSA) is 68.2 Å². The summed E-state index contributed by atoms with van der Waals surface area (Å²) in [5.41, 5.74) is 1.86. The number of nitrogens with zero attached hydrogens (tertiary/aromatic N) is 2. The van der Waals surface area contributed by atoms with Gasteiger partial charge in [0.25, 0.3) is 0 Å². The van der Waals surface area contributed by atoms with Gasteiger partial charge in [-0.25, -0.2) is 4.79 Å². The minimum absolute atomic E-state index is 0.0688. The van der Waals surface area contributed by atoms with Crippen LogP contribution in [0.5, 0.6) is 5.75 Å². The van der Waals surface area contributed by atoms with Gasteiger partial charge in [0.2, 0.25) is 0 Å². The molecule has 1 aromatic heterocycles. The number of carbonyl (C=O) groups is 1. The van der Waals surface area contributed by atoms with Crippen molar-refractivity contribution in [2.45, 2.75) is 26.1 Å². The highest BCUT2D eigenvalue weighted by molar-refractivity contribution is 5.88. The number of ether oxygens (including phenoxy) is 1. The Balaban J connectivity index is 1.52. The average molecular weight is 386 g/mol. The van der Waals surface area contributed by atoms with E-state index in [0.717, 1.165) is 11.1 Å². The standard InChI is InChI=1S/C20H20F2N4O2/c1-14(16-7-9-17(10-8-16)28-19(21)22)23-20(27)24-18-11-12-26(25-18)13-15-5-3-2-4-6-15/h2-12,14,19H,13H2,1H3,(H2,23,24,25,27). The lowest BCUT2D eigenvalue weighted by Gasteiger charge is -2.15. The monoisotopic (exact) mass is 386 g/mol. The van der Waals surface area contributed by atoms with Crippen molar-refractivity contribution in [1.29, 1.82) is 0 Å². The van der Waals surface area contributed by atoms with Gasteiger partial charge in [0.15, 0.2) is 5.82 Å². The van der Waals surface area contributed by atoms with Crippen LogP contribution in [0.4, 0.5) is 19.4 Å². The van der Waals surface area contributed by atoms with Crippen LogP contribution < -0.4 is 15.4 Å². The quantitative estimate of drug-likeness (QED) is 0.632. The van der Waals surface area contributed by atoms with Crippen molar-refractivity contribution in [2.75, 3.05) is 5.32 Å². The van der Waals surface area contributed by atoms with Crippen LogP contribution in [0.15, 0.2) is 66.9 Å². The van der Waals surface area contributed by atoms with Gasteiger partial charge in [0, 0.05) is 12.3 Å². The Labute approximate surface area is 161 Å². The lowest BCUT2D eigenvalue weighted by atomic mass is 10.1. The molecule has 28 heavy (non-hydrogen) atoms. The summed E-state index contributed by atoms with van der Waals surface area (Å²) in [6.45, 7) is -0.474. The number of halogens is 2. The van der Waals surface area contributed by atoms with Gasteiger partial charge in [-0.1, -0.05) is 42.5 Å². The molecule has 0 saturated heterocycles. The van der Waals surface area contributed by atoms with Crippen molar-refractivity contribution in [3.8, 4) is 5.75 Å². The summed E-state index contributed by atoms with van der Waals surface area (Å²) in [6.07, 6.45) is 1.79. The lowest BCUT2D eigenvalue weighted by Crippen LogP contribution is -2.31. The minimum atomic E-state index is -2.87. The number of benzene rings is 2. The SMILES string of the molecule is CC(NC(=O)Nc1ccn(Cc2ccccc2)n1)c1ccc(OC(F)F)cc1. The fourth-order valence-electron chi connectivity index (χ4n) is 2.66. The number of rotatable bonds is 7. The maximum Gasteiger partial charge on any atom is 0.387 e. The molecule has 0 aliphatic carbocycles. The zero-order valence-electron chi connectivity index (χ0n) is 15.2. The number of anilines is 1. The van der Waals surface area contributed by atoms with Gasteiger partial charge >= 0.3 is 12.6 Å². The molecule has 2 N–H and O–H groups in total. The van der Waals surface area contributed by atoms with E-state index in [1.165, 1.54) is 12.1 Å². The second kappa shape index (κ2) is 8.98. The van der Waals surface area contributed by atoms with Crippen molar-refractivity contribution in [1.82, 2.24) is 15.1 Å². The van der Waals surface area contributed by atoms with E-state index in [0.29, 0.717) is 12.4 Å². The van der Waals surface area contributed by atoms with Gasteiger partial charge in [0.1, 0.15) is 5.75 Å². The molecular formula is C20H20F2N4O2. The molecule has 3 aromatic rings. The number of amides is 2. The number of hydrogen-bond donors (Lipinski definition) is 2. The molecule has 0 fully saturated rings. The minimum Gasteiger partial charge on any atom is -0.435 e. The predicted molar refractivity (Wildman–Crippen MR) is 101 cm³/mol. The van der Waals surface area contributed by atoms with E-state index < -0.39 is 12.6 Å². The second-order valence-corrected chi connectivity index (χ2v) is 6.15. The first-order chi connectivity index (χ1) is 13.5. The first-order valence-electron chi connectivity index (χ1n) is 8.69. The third-order valence-corrected chi connectivity index (χ3v) is 4.02. The first-order valence-corrected chi connectivity index (χ1v) is 8.69. The number of aromatic nitrogens is 2. The number of nitrogens with one attached hydrogen (secondary N) is 2. The molecule has 2 amide bonds. The molecule has 0 bridgehead atoms. The lowest BCUT2D eigenvalue weighted by molar-refractivity contribution is -0.0498. The molecular weight excluding hydrogens is 366 g/mol. The molecule has 3 rings (SSSR count). The molecule has 0 spiro atoms. The van der Waals surface area contributed by atoms with Crippen LogP contribution in [0.2, 0.25) is 0 Å². The Bertz CT molecular complexity index is 898. The molecule has 1 atom stereocenters. The summed E-state index contributed by atoms with van der Waals surface area (Å²) in [5.74, 6) is 0.501. The first kappa shape index (κ1) is 19.3. The van der Waals surface area contributed by atoms with Gasteiger partial charge in [-0.05, 0) is 30.2 Å². The second-order valence-electron chi connectivity index (χ2n) is 6.15. The van der Waals surface area contributed by atoms with Crippen LogP contribution >= 0.6 is 0 Å². The number of carbonyl (C=O) groups excluding carboxylic acids is 1. The van der Waals surface area contributed by atoms with Crippen molar-refractivity contribution in [2.24, 2.45) is 0 Å². The van der Waals surface area contributed by atoms with Crippen molar-refractivity contribution in [3.63, 3.8) is 0 Å². The van der Waals surface area contributed by atoms with Gasteiger partial charge < -0.3 is 10.1 Å². The van der Waals surface area contributed by atoms with Crippen LogP contribution in [-0.2, 0) is 6.54 Å². The summed E-state index contributed by atoms with van der Waals surface area (Å²) in [5, 5.41) is 9.78. The van der Waals surface area contributed by atoms with Crippen LogP contribution in [-0.4, -0.2) is 22.4 Å². The van der Waals surface area contributed by atoms with Crippen LogP contribution in [0.3, 0.4) is 0 Å². The van der Waals surface area contributed by atoms with E-state index in [-0.39, 0.29) is 11.8 Å². The largest absolute Gasteiger partial charge is 0.435 e. The van der Waals surface area contributed by atoms with E-state index in [9.17, 15) is 13.6 Å². The smallest absolute Gasteiger partial charge is 0.387 e. The van der Waals surface area contributed by atoms with Gasteiger partial charge in [-0.15, -0.1) is 0 Å². The molecule has 8 heteroatoms. The maximum absolute atomic E-state index is 12.2. The Morgan fingerprint density at radius 1 is 1.11 bits per heavy atom. The van der Waals surface area contributed by atoms with Crippen molar-refractivity contribution in [3.05, 3.63) is 78.0 Å². The van der Waals surface area contributed by atoms with E-state index in [1.54, 1.807) is 36.0 Å². The maximum atomic E-state index is 12.2. The highest BCUT2D eigenvalue weighted by Crippen LogP contribution is 2.19. The summed E-state index contributed by atoms with van der Waals surface area (Å²) >= 11 is 0. The Kier molecular flexibility index (Phi) is 6.21. The number of hydrogen-bond acceptors (Lipinski definition) is 3. The van der Waals surface area contributed by atoms with Crippen molar-refractivity contribution >= 4 is 11.8 Å². The Hall–Kier alpha value is -3.42. The highest BCUT2D eigenvalue weighted by atomic mass is 19.3. The van der Waals surface area contributed by atoms with Crippen LogP contribution in [0.25, 0.3) is 0 Å². The molecule has 146 valence electrons. The molecule has 1 unspecified atom stereocenters. The molecule has 1 heterocycles. The summed E-state index contributed by atoms with van der Waals surface area (Å²) in [4.78, 5) is 12.2. The number of urea groups is 1. The number of alkyl halides is 2. The Morgan fingerprint density at radius 2 is 1.82 bits per heavy atom. The van der Waals surface area contributed by atoms with E-state index in [4.69, 9.17) is 0 Å². The molecule has 2 aromatic carbocycles. The molecule has 6 nitrogen and oxygen atoms in total. The van der Waals surface area contributed by atoms with E-state index in [2.05, 4.69) is 20.5 Å². The average Bonchev–Trinajstić information content (AvgIpc) is 3.09. The Morgan fingerprint density at radius 3 is 2.50 bits per heavy atom. The molecule has 0 aliphatic rings. The van der Waals surface area contributed by atoms with E-state index in [1.807, 2.05) is 30.3 Å². The van der Waals surface area contributed by atoms with Gasteiger partial charge in [0.05, 0.1) is 12.6 Å². The summed E-state index contributed by atoms with van der Waals surface area (Å²) in [6, 6.07) is 16.9. The van der Waals surface area contributed by atoms with Crippen LogP contribution in [0, 0.1) is 0 Å². The predicted octanol–water partition coefficient (Wildman–Crippen LogP) is 4.42. The van der Waals surface area contributed by atoms with E-state index >= 15 is 0 Å². The van der Waals surface area contributed by atoms with Crippen LogP contribution in [0.1, 0.15) is 24.1 Å². The fraction of sp³-hybridized carbons (Fsp3) is 0.200. The van der Waals surface area contributed by atoms with Crippen molar-refractivity contribution < 1.29 is 18.3 Å². The molecule has 0 aliphatic heterocycles. The molecule has 0 saturated carbocycles. The zero-order valence-corrected chi connectivity index (χ0v) is 15.2. The summed E-state index contributed by atoms with van der Waals surface area (Å²) in [7, 11) is 0. The fourth-order valence-corrected chi connectivity index (χ4v) is 2.66. The zero-order chi connectivity index (χ0) is 19.9. The van der Waals surface area contributed by atoms with Gasteiger partial charge in [-0.3, -0.25) is 10.00 Å². The normalized spacial score (nSPS) is 11.9. The third kappa shape index (κ3) is 5.54. The molecule has 0 radical (unpaired) electrons.